The van der Waals surface area contributed by atoms with Crippen molar-refractivity contribution in [3.63, 3.8) is 0 Å². The Kier molecular flexibility index (Phi) is 6.17. The van der Waals surface area contributed by atoms with Crippen molar-refractivity contribution in [2.24, 2.45) is 4.99 Å². The average Bonchev–Trinajstić information content (AvgIpc) is 3.54. The number of nitrogens with one attached hydrogen (secondary N) is 1. The van der Waals surface area contributed by atoms with Gasteiger partial charge in [-0.2, -0.15) is 23.4 Å². The smallest absolute Gasteiger partial charge is 0.435 e. The van der Waals surface area contributed by atoms with E-state index in [-0.39, 0.29) is 16.8 Å². The molecule has 5 rings (SSSR count). The molecule has 36 heavy (non-hydrogen) atoms. The molecular weight excluding hydrogens is 471 g/mol. The molecule has 2 aromatic carbocycles. The molecule has 0 spiro atoms. The lowest BCUT2D eigenvalue weighted by molar-refractivity contribution is -0.141. The number of hydrogen-bond acceptors (Lipinski definition) is 5. The van der Waals surface area contributed by atoms with Crippen LogP contribution < -0.4 is 0 Å². The quantitative estimate of drug-likeness (QED) is 0.266. The number of carbonyl (C=O) groups excluding carboxylic acids is 1. The maximum absolute atomic E-state index is 14.2. The van der Waals surface area contributed by atoms with Crippen LogP contribution in [-0.2, 0) is 10.9 Å². The average molecular weight is 493 g/mol. The summed E-state index contributed by atoms with van der Waals surface area (Å²) in [6.07, 6.45) is 3.51. The second kappa shape index (κ2) is 9.44. The molecule has 0 atom stereocenters. The van der Waals surface area contributed by atoms with E-state index in [1.807, 2.05) is 6.08 Å². The molecule has 0 fully saturated rings. The highest BCUT2D eigenvalue weighted by Crippen LogP contribution is 2.35. The monoisotopic (exact) mass is 493 g/mol. The van der Waals surface area contributed by atoms with Crippen LogP contribution in [0, 0.1) is 0 Å². The second-order valence-corrected chi connectivity index (χ2v) is 8.45. The van der Waals surface area contributed by atoms with E-state index in [4.69, 9.17) is 4.99 Å². The minimum Gasteiger partial charge on any atom is -0.465 e. The van der Waals surface area contributed by atoms with Gasteiger partial charge in [0.25, 0.3) is 0 Å². The first-order valence-electron chi connectivity index (χ1n) is 11.4. The summed E-state index contributed by atoms with van der Waals surface area (Å²) in [6, 6.07) is 11.3. The van der Waals surface area contributed by atoms with Crippen LogP contribution in [0.25, 0.3) is 16.6 Å². The summed E-state index contributed by atoms with van der Waals surface area (Å²) < 4.78 is 48.5. The molecule has 7 nitrogen and oxygen atoms in total. The highest BCUT2D eigenvalue weighted by atomic mass is 19.4. The SMILES string of the molecule is COC(=O)c1ccc(-n2cc(C(=Nc3ccc4[nH]ncc4c3)C3=CCCCC3)c(C(F)(F)F)n2)cc1. The lowest BCUT2D eigenvalue weighted by Gasteiger charge is -2.16. The van der Waals surface area contributed by atoms with Crippen molar-refractivity contribution in [1.82, 2.24) is 20.0 Å². The van der Waals surface area contributed by atoms with Crippen LogP contribution in [0.2, 0.25) is 0 Å². The molecule has 0 saturated heterocycles. The van der Waals surface area contributed by atoms with Gasteiger partial charge in [-0.05, 0) is 73.7 Å². The van der Waals surface area contributed by atoms with Gasteiger partial charge in [-0.3, -0.25) is 5.10 Å². The minimum absolute atomic E-state index is 0.0972. The fourth-order valence-electron chi connectivity index (χ4n) is 4.24. The van der Waals surface area contributed by atoms with E-state index in [9.17, 15) is 18.0 Å². The number of esters is 1. The number of alkyl halides is 3. The van der Waals surface area contributed by atoms with Crippen molar-refractivity contribution in [2.75, 3.05) is 7.11 Å². The number of benzene rings is 2. The van der Waals surface area contributed by atoms with Gasteiger partial charge in [0.2, 0.25) is 0 Å². The minimum atomic E-state index is -4.70. The molecule has 1 N–H and O–H groups in total. The van der Waals surface area contributed by atoms with Crippen LogP contribution in [-0.4, -0.2) is 38.8 Å². The third-order valence-electron chi connectivity index (χ3n) is 6.05. The molecule has 0 radical (unpaired) electrons. The van der Waals surface area contributed by atoms with Gasteiger partial charge >= 0.3 is 12.1 Å². The van der Waals surface area contributed by atoms with E-state index in [1.165, 1.54) is 37.6 Å². The van der Waals surface area contributed by atoms with Crippen LogP contribution in [0.1, 0.15) is 47.3 Å². The molecule has 0 amide bonds. The van der Waals surface area contributed by atoms with E-state index in [1.54, 1.807) is 24.4 Å². The molecule has 1 aliphatic rings. The maximum atomic E-state index is 14.2. The van der Waals surface area contributed by atoms with Gasteiger partial charge in [0, 0.05) is 11.6 Å². The molecule has 184 valence electrons. The number of aromatic nitrogens is 4. The number of allylic oxidation sites excluding steroid dienone is 2. The van der Waals surface area contributed by atoms with Crippen molar-refractivity contribution in [1.29, 1.82) is 0 Å². The van der Waals surface area contributed by atoms with Gasteiger partial charge in [0.05, 0.1) is 47.0 Å². The van der Waals surface area contributed by atoms with E-state index >= 15 is 0 Å². The Morgan fingerprint density at radius 1 is 1.14 bits per heavy atom. The zero-order valence-corrected chi connectivity index (χ0v) is 19.3. The van der Waals surface area contributed by atoms with Crippen molar-refractivity contribution in [2.45, 2.75) is 31.9 Å². The third kappa shape index (κ3) is 4.66. The normalized spacial score (nSPS) is 14.7. The van der Waals surface area contributed by atoms with Gasteiger partial charge in [0.15, 0.2) is 5.69 Å². The first kappa shape index (κ1) is 23.5. The molecule has 2 heterocycles. The summed E-state index contributed by atoms with van der Waals surface area (Å²) in [7, 11) is 1.26. The number of carbonyl (C=O) groups is 1. The largest absolute Gasteiger partial charge is 0.465 e. The summed E-state index contributed by atoms with van der Waals surface area (Å²) in [6.45, 7) is 0. The lowest BCUT2D eigenvalue weighted by atomic mass is 9.92. The highest BCUT2D eigenvalue weighted by Gasteiger charge is 2.39. The number of ether oxygens (including phenoxy) is 1. The summed E-state index contributed by atoms with van der Waals surface area (Å²) in [5.74, 6) is -0.535. The number of nitrogens with zero attached hydrogens (tertiary/aromatic N) is 4. The standard InChI is InChI=1S/C26H22F3N5O2/c1-36-25(35)17-7-10-20(11-8-17)34-15-21(24(33-34)26(27,28)29)23(16-5-3-2-4-6-16)31-19-9-12-22-18(13-19)14-30-32-22/h5,7-15H,2-4,6H2,1H3,(H,30,32). The summed E-state index contributed by atoms with van der Waals surface area (Å²) in [4.78, 5) is 16.4. The van der Waals surface area contributed by atoms with Crippen molar-refractivity contribution >= 4 is 28.3 Å². The Balaban J connectivity index is 1.65. The molecule has 0 bridgehead atoms. The number of hydrogen-bond donors (Lipinski definition) is 1. The van der Waals surface area contributed by atoms with Gasteiger partial charge in [-0.15, -0.1) is 0 Å². The first-order valence-corrected chi connectivity index (χ1v) is 11.4. The lowest BCUT2D eigenvalue weighted by Crippen LogP contribution is -2.15. The highest BCUT2D eigenvalue weighted by molar-refractivity contribution is 6.14. The zero-order chi connectivity index (χ0) is 25.3. The second-order valence-electron chi connectivity index (χ2n) is 8.45. The van der Waals surface area contributed by atoms with Crippen molar-refractivity contribution < 1.29 is 22.7 Å². The van der Waals surface area contributed by atoms with Crippen LogP contribution in [0.4, 0.5) is 18.9 Å². The topological polar surface area (TPSA) is 85.2 Å². The number of aromatic amines is 1. The van der Waals surface area contributed by atoms with Crippen LogP contribution in [0.3, 0.4) is 0 Å². The van der Waals surface area contributed by atoms with Crippen LogP contribution in [0.5, 0.6) is 0 Å². The Hall–Kier alpha value is -4.21. The summed E-state index contributed by atoms with van der Waals surface area (Å²) >= 11 is 0. The van der Waals surface area contributed by atoms with Crippen LogP contribution in [0.15, 0.2) is 71.5 Å². The van der Waals surface area contributed by atoms with Gasteiger partial charge in [-0.25, -0.2) is 14.5 Å². The number of fused-ring (bicyclic) bond motifs is 1. The Labute approximate surface area is 204 Å². The van der Waals surface area contributed by atoms with Gasteiger partial charge in [0.1, 0.15) is 0 Å². The molecule has 4 aromatic rings. The first-order chi connectivity index (χ1) is 17.3. The van der Waals surface area contributed by atoms with E-state index < -0.39 is 17.8 Å². The Morgan fingerprint density at radius 2 is 1.94 bits per heavy atom. The summed E-state index contributed by atoms with van der Waals surface area (Å²) in [5.41, 5.74) is 1.89. The number of methoxy groups -OCH3 is 1. The number of H-pyrrole nitrogens is 1. The molecule has 1 aliphatic carbocycles. The number of aliphatic imine (C=N–C) groups is 1. The molecule has 0 saturated carbocycles. The molecular formula is C26H22F3N5O2. The third-order valence-corrected chi connectivity index (χ3v) is 6.05. The predicted molar refractivity (Wildman–Crippen MR) is 129 cm³/mol. The van der Waals surface area contributed by atoms with E-state index in [2.05, 4.69) is 20.0 Å². The molecule has 2 aromatic heterocycles. The van der Waals surface area contributed by atoms with Crippen molar-refractivity contribution in [3.8, 4) is 5.69 Å². The number of rotatable bonds is 5. The fraction of sp³-hybridized carbons (Fsp3) is 0.231. The molecule has 0 unspecified atom stereocenters. The maximum Gasteiger partial charge on any atom is 0.435 e. The molecule has 10 heteroatoms. The number of halogens is 3. The van der Waals surface area contributed by atoms with Crippen molar-refractivity contribution in [3.05, 3.63) is 83.3 Å². The van der Waals surface area contributed by atoms with E-state index in [0.717, 1.165) is 40.4 Å². The Morgan fingerprint density at radius 3 is 2.64 bits per heavy atom. The Bertz CT molecular complexity index is 1480. The zero-order valence-electron chi connectivity index (χ0n) is 19.3. The molecule has 0 aliphatic heterocycles. The predicted octanol–water partition coefficient (Wildman–Crippen LogP) is 6.18. The summed E-state index contributed by atoms with van der Waals surface area (Å²) in [5, 5.41) is 11.6. The van der Waals surface area contributed by atoms with Gasteiger partial charge < -0.3 is 4.74 Å². The fourth-order valence-corrected chi connectivity index (χ4v) is 4.24. The van der Waals surface area contributed by atoms with Gasteiger partial charge in [-0.1, -0.05) is 6.08 Å². The van der Waals surface area contributed by atoms with Crippen LogP contribution >= 0.6 is 0 Å². The van der Waals surface area contributed by atoms with E-state index in [0.29, 0.717) is 17.8 Å².